The molecule has 0 bridgehead atoms. The first-order valence-corrected chi connectivity index (χ1v) is 10.9. The first-order valence-electron chi connectivity index (χ1n) is 10.0. The number of hydrogen-bond acceptors (Lipinski definition) is 8. The number of carboxylic acid groups (broad SMARTS) is 1. The average Bonchev–Trinajstić information content (AvgIpc) is 3.25. The summed E-state index contributed by atoms with van der Waals surface area (Å²) in [4.78, 5) is 47.3. The van der Waals surface area contributed by atoms with Crippen molar-refractivity contribution < 1.29 is 19.4 Å². The molecule has 0 aromatic carbocycles. The lowest BCUT2D eigenvalue weighted by molar-refractivity contribution is -0.123. The summed E-state index contributed by atoms with van der Waals surface area (Å²) in [6.45, 7) is 4.32. The first kappa shape index (κ1) is 21.1. The van der Waals surface area contributed by atoms with E-state index < -0.39 is 11.4 Å². The number of rotatable bonds is 9. The number of hydrogen-bond donors (Lipinski definition) is 1. The van der Waals surface area contributed by atoms with Crippen LogP contribution in [-0.4, -0.2) is 57.7 Å². The third-order valence-corrected chi connectivity index (χ3v) is 6.04. The number of pyridine rings is 2. The van der Waals surface area contributed by atoms with E-state index in [9.17, 15) is 19.5 Å². The van der Waals surface area contributed by atoms with Gasteiger partial charge in [-0.3, -0.25) is 14.2 Å². The molecule has 1 aliphatic rings. The molecule has 1 aliphatic heterocycles. The van der Waals surface area contributed by atoms with E-state index in [1.807, 2.05) is 11.8 Å². The van der Waals surface area contributed by atoms with E-state index in [1.54, 1.807) is 23.7 Å². The van der Waals surface area contributed by atoms with Gasteiger partial charge < -0.3 is 14.7 Å². The molecule has 162 valence electrons. The molecule has 4 rings (SSSR count). The van der Waals surface area contributed by atoms with E-state index in [0.29, 0.717) is 49.3 Å². The lowest BCUT2D eigenvalue weighted by Gasteiger charge is -2.39. The van der Waals surface area contributed by atoms with Crippen molar-refractivity contribution in [1.82, 2.24) is 14.5 Å². The van der Waals surface area contributed by atoms with Crippen LogP contribution in [0.25, 0.3) is 16.2 Å². The summed E-state index contributed by atoms with van der Waals surface area (Å²) in [5.41, 5.74) is -0.576. The standard InChI is InChI=1S/C21H22N4O5S/c1-2-30-8-3-4-16(26)13-10-24(11-13)17-6-5-14-18(27)15(20(28)29)12-25(19(14)23-17)21-22-7-9-31-21/h5-7,9,12-13H,2-4,8,10-11H2,1H3,(H,28,29). The molecular formula is C21H22N4O5S. The van der Waals surface area contributed by atoms with Crippen molar-refractivity contribution in [3.8, 4) is 5.13 Å². The molecule has 0 aliphatic carbocycles. The highest BCUT2D eigenvalue weighted by molar-refractivity contribution is 7.12. The van der Waals surface area contributed by atoms with Gasteiger partial charge in [-0.15, -0.1) is 11.3 Å². The van der Waals surface area contributed by atoms with Crippen molar-refractivity contribution >= 4 is 39.9 Å². The summed E-state index contributed by atoms with van der Waals surface area (Å²) in [5, 5.41) is 11.9. The Morgan fingerprint density at radius 3 is 2.81 bits per heavy atom. The van der Waals surface area contributed by atoms with E-state index in [0.717, 1.165) is 6.42 Å². The molecule has 9 nitrogen and oxygen atoms in total. The molecule has 3 aromatic rings. The van der Waals surface area contributed by atoms with Crippen molar-refractivity contribution in [1.29, 1.82) is 0 Å². The smallest absolute Gasteiger partial charge is 0.341 e. The van der Waals surface area contributed by atoms with Crippen LogP contribution in [0.15, 0.2) is 34.7 Å². The molecule has 0 unspecified atom stereocenters. The molecular weight excluding hydrogens is 420 g/mol. The van der Waals surface area contributed by atoms with Crippen molar-refractivity contribution in [3.05, 3.63) is 45.7 Å². The quantitative estimate of drug-likeness (QED) is 0.502. The number of aromatic nitrogens is 3. The zero-order chi connectivity index (χ0) is 22.0. The number of ketones is 1. The van der Waals surface area contributed by atoms with Gasteiger partial charge in [0.1, 0.15) is 17.2 Å². The summed E-state index contributed by atoms with van der Waals surface area (Å²) >= 11 is 1.31. The summed E-state index contributed by atoms with van der Waals surface area (Å²) in [6.07, 6.45) is 4.10. The van der Waals surface area contributed by atoms with Crippen LogP contribution in [0.4, 0.5) is 5.82 Å². The Hall–Kier alpha value is -3.11. The number of carbonyl (C=O) groups excluding carboxylic acids is 1. The lowest BCUT2D eigenvalue weighted by atomic mass is 9.92. The normalized spacial score (nSPS) is 14.0. The van der Waals surface area contributed by atoms with Crippen LogP contribution in [0, 0.1) is 5.92 Å². The molecule has 10 heteroatoms. The van der Waals surface area contributed by atoms with Crippen LogP contribution >= 0.6 is 11.3 Å². The molecule has 1 fully saturated rings. The fraction of sp³-hybridized carbons (Fsp3) is 0.381. The fourth-order valence-corrected chi connectivity index (χ4v) is 4.19. The lowest BCUT2D eigenvalue weighted by Crippen LogP contribution is -2.50. The number of anilines is 1. The van der Waals surface area contributed by atoms with Gasteiger partial charge in [0.25, 0.3) is 0 Å². The number of fused-ring (bicyclic) bond motifs is 1. The average molecular weight is 442 g/mol. The number of Topliss-reactive ketones (excluding diaryl/α,β-unsaturated/α-hetero) is 1. The van der Waals surface area contributed by atoms with Crippen LogP contribution in [0.5, 0.6) is 0 Å². The second-order valence-electron chi connectivity index (χ2n) is 7.27. The minimum absolute atomic E-state index is 0.0327. The van der Waals surface area contributed by atoms with Crippen molar-refractivity contribution in [2.45, 2.75) is 19.8 Å². The maximum Gasteiger partial charge on any atom is 0.341 e. The third-order valence-electron chi connectivity index (χ3n) is 5.27. The molecule has 0 radical (unpaired) electrons. The second kappa shape index (κ2) is 8.94. The fourth-order valence-electron chi connectivity index (χ4n) is 3.57. The topological polar surface area (TPSA) is 115 Å². The van der Waals surface area contributed by atoms with E-state index >= 15 is 0 Å². The maximum atomic E-state index is 12.6. The highest BCUT2D eigenvalue weighted by Crippen LogP contribution is 2.27. The van der Waals surface area contributed by atoms with Gasteiger partial charge in [0.15, 0.2) is 10.8 Å². The molecule has 3 aromatic heterocycles. The minimum atomic E-state index is -1.30. The van der Waals surface area contributed by atoms with E-state index in [2.05, 4.69) is 9.97 Å². The van der Waals surface area contributed by atoms with Gasteiger partial charge in [-0.25, -0.2) is 14.8 Å². The highest BCUT2D eigenvalue weighted by Gasteiger charge is 2.33. The van der Waals surface area contributed by atoms with Gasteiger partial charge in [0.2, 0.25) is 5.43 Å². The molecule has 1 N–H and O–H groups in total. The first-order chi connectivity index (χ1) is 15.0. The largest absolute Gasteiger partial charge is 0.477 e. The van der Waals surface area contributed by atoms with Gasteiger partial charge in [-0.1, -0.05) is 0 Å². The van der Waals surface area contributed by atoms with Crippen molar-refractivity contribution in [2.75, 3.05) is 31.2 Å². The molecule has 0 saturated carbocycles. The van der Waals surface area contributed by atoms with Crippen molar-refractivity contribution in [2.24, 2.45) is 5.92 Å². The summed E-state index contributed by atoms with van der Waals surface area (Å²) in [7, 11) is 0. The van der Waals surface area contributed by atoms with Gasteiger partial charge in [0, 0.05) is 50.5 Å². The van der Waals surface area contributed by atoms with E-state index in [-0.39, 0.29) is 22.7 Å². The van der Waals surface area contributed by atoms with Gasteiger partial charge in [-0.2, -0.15) is 0 Å². The Kier molecular flexibility index (Phi) is 6.10. The third kappa shape index (κ3) is 4.21. The Balaban J connectivity index is 1.58. The molecule has 1 saturated heterocycles. The summed E-state index contributed by atoms with van der Waals surface area (Å²) < 4.78 is 6.81. The zero-order valence-electron chi connectivity index (χ0n) is 17.0. The predicted octanol–water partition coefficient (Wildman–Crippen LogP) is 2.36. The number of ether oxygens (including phenoxy) is 1. The second-order valence-corrected chi connectivity index (χ2v) is 8.14. The number of nitrogens with zero attached hydrogens (tertiary/aromatic N) is 4. The van der Waals surface area contributed by atoms with Gasteiger partial charge in [0.05, 0.1) is 11.3 Å². The van der Waals surface area contributed by atoms with Crippen LogP contribution in [-0.2, 0) is 9.53 Å². The Morgan fingerprint density at radius 1 is 1.32 bits per heavy atom. The SMILES string of the molecule is CCOCCCC(=O)C1CN(c2ccc3c(=O)c(C(=O)O)cn(-c4nccs4)c3n2)C1. The molecule has 31 heavy (non-hydrogen) atoms. The highest BCUT2D eigenvalue weighted by atomic mass is 32.1. The Bertz CT molecular complexity index is 1170. The Morgan fingerprint density at radius 2 is 2.13 bits per heavy atom. The van der Waals surface area contributed by atoms with Crippen molar-refractivity contribution in [3.63, 3.8) is 0 Å². The molecule has 0 spiro atoms. The molecule has 4 heterocycles. The van der Waals surface area contributed by atoms with E-state index in [1.165, 1.54) is 22.1 Å². The van der Waals surface area contributed by atoms with E-state index in [4.69, 9.17) is 4.74 Å². The Labute approximate surface area is 181 Å². The summed E-state index contributed by atoms with van der Waals surface area (Å²) in [5.74, 6) is -0.467. The minimum Gasteiger partial charge on any atom is -0.477 e. The number of thiazole rings is 1. The predicted molar refractivity (Wildman–Crippen MR) is 116 cm³/mol. The number of aromatic carboxylic acids is 1. The van der Waals surface area contributed by atoms with Crippen LogP contribution in [0.2, 0.25) is 0 Å². The molecule has 0 atom stereocenters. The van der Waals surface area contributed by atoms with Crippen LogP contribution < -0.4 is 10.3 Å². The molecule has 0 amide bonds. The number of carbonyl (C=O) groups is 2. The summed E-state index contributed by atoms with van der Waals surface area (Å²) in [6, 6.07) is 3.28. The van der Waals surface area contributed by atoms with Gasteiger partial charge >= 0.3 is 5.97 Å². The maximum absolute atomic E-state index is 12.6. The number of carboxylic acids is 1. The monoisotopic (exact) mass is 442 g/mol. The van der Waals surface area contributed by atoms with Crippen LogP contribution in [0.3, 0.4) is 0 Å². The van der Waals surface area contributed by atoms with Crippen LogP contribution in [0.1, 0.15) is 30.1 Å². The van der Waals surface area contributed by atoms with Gasteiger partial charge in [-0.05, 0) is 25.5 Å². The zero-order valence-corrected chi connectivity index (χ0v) is 17.8.